The molecule has 0 fully saturated rings. The van der Waals surface area contributed by atoms with E-state index in [1.165, 1.54) is 5.56 Å². The molecule has 1 N–H and O–H groups in total. The van der Waals surface area contributed by atoms with Crippen LogP contribution < -0.4 is 5.32 Å². The van der Waals surface area contributed by atoms with Gasteiger partial charge >= 0.3 is 0 Å². The minimum Gasteiger partial charge on any atom is -0.325 e. The van der Waals surface area contributed by atoms with Gasteiger partial charge in [0.25, 0.3) is 0 Å². The summed E-state index contributed by atoms with van der Waals surface area (Å²) in [6, 6.07) is 6.08. The second kappa shape index (κ2) is 6.10. The van der Waals surface area contributed by atoms with Crippen LogP contribution in [0.2, 0.25) is 0 Å². The van der Waals surface area contributed by atoms with Crippen molar-refractivity contribution in [2.24, 2.45) is 5.92 Å². The molecule has 0 saturated heterocycles. The minimum absolute atomic E-state index is 0.0210. The molecule has 94 valence electrons. The quantitative estimate of drug-likeness (QED) is 0.789. The van der Waals surface area contributed by atoms with Crippen molar-refractivity contribution >= 4 is 24.2 Å². The van der Waals surface area contributed by atoms with Crippen LogP contribution in [0.1, 0.15) is 31.9 Å². The number of carbonyl (C=O) groups is 1. The summed E-state index contributed by atoms with van der Waals surface area (Å²) in [5.74, 6) is 0.208. The van der Waals surface area contributed by atoms with Crippen LogP contribution in [0.25, 0.3) is 0 Å². The molecule has 1 aromatic carbocycles. The predicted octanol–water partition coefficient (Wildman–Crippen LogP) is 3.45. The lowest BCUT2D eigenvalue weighted by atomic mass is 10.0. The first-order chi connectivity index (χ1) is 7.97. The van der Waals surface area contributed by atoms with Gasteiger partial charge < -0.3 is 5.32 Å². The number of hydrogen-bond acceptors (Lipinski definition) is 2. The Hall–Kier alpha value is -0.960. The van der Waals surface area contributed by atoms with Crippen LogP contribution in [0.15, 0.2) is 18.2 Å². The summed E-state index contributed by atoms with van der Waals surface area (Å²) in [5.41, 5.74) is 3.21. The van der Waals surface area contributed by atoms with E-state index in [2.05, 4.69) is 24.9 Å². The Bertz CT molecular complexity index is 401. The second-order valence-electron chi connectivity index (χ2n) is 4.64. The first-order valence-corrected chi connectivity index (χ1v) is 6.56. The zero-order valence-corrected chi connectivity index (χ0v) is 11.8. The molecule has 0 saturated carbocycles. The molecule has 3 heteroatoms. The van der Waals surface area contributed by atoms with Crippen molar-refractivity contribution < 1.29 is 4.79 Å². The van der Waals surface area contributed by atoms with Gasteiger partial charge in [-0.2, -0.15) is 12.6 Å². The fourth-order valence-corrected chi connectivity index (χ4v) is 1.77. The average molecular weight is 251 g/mol. The Morgan fingerprint density at radius 1 is 1.41 bits per heavy atom. The molecule has 0 aliphatic carbocycles. The maximum absolute atomic E-state index is 12.0. The highest BCUT2D eigenvalue weighted by molar-refractivity contribution is 7.81. The first-order valence-electron chi connectivity index (χ1n) is 6.04. The summed E-state index contributed by atoms with van der Waals surface area (Å²) in [6.45, 7) is 8.09. The van der Waals surface area contributed by atoms with Gasteiger partial charge in [-0.1, -0.05) is 39.0 Å². The lowest BCUT2D eigenvalue weighted by Gasteiger charge is -2.18. The number of carbonyl (C=O) groups excluding carboxylic acids is 1. The van der Waals surface area contributed by atoms with E-state index in [0.717, 1.165) is 17.7 Å². The Balaban J connectivity index is 2.91. The smallest absolute Gasteiger partial charge is 0.237 e. The maximum atomic E-state index is 12.0. The fourth-order valence-electron chi connectivity index (χ4n) is 1.70. The van der Waals surface area contributed by atoms with Crippen molar-refractivity contribution in [3.8, 4) is 0 Å². The standard InChI is InChI=1S/C14H21NOS/c1-5-11-8-6-7-10(4)12(11)15-14(16)13(17)9(2)3/h6-9,13,17H,5H2,1-4H3,(H,15,16). The number of aryl methyl sites for hydroxylation is 2. The van der Waals surface area contributed by atoms with Crippen LogP contribution in [0.5, 0.6) is 0 Å². The third-order valence-electron chi connectivity index (χ3n) is 2.89. The van der Waals surface area contributed by atoms with Crippen molar-refractivity contribution in [3.63, 3.8) is 0 Å². The fraction of sp³-hybridized carbons (Fsp3) is 0.500. The predicted molar refractivity (Wildman–Crippen MR) is 76.8 cm³/mol. The van der Waals surface area contributed by atoms with E-state index in [9.17, 15) is 4.79 Å². The van der Waals surface area contributed by atoms with Crippen molar-refractivity contribution in [1.29, 1.82) is 0 Å². The summed E-state index contributed by atoms with van der Waals surface area (Å²) >= 11 is 4.34. The van der Waals surface area contributed by atoms with E-state index in [-0.39, 0.29) is 17.1 Å². The van der Waals surface area contributed by atoms with Gasteiger partial charge in [0, 0.05) is 5.69 Å². The van der Waals surface area contributed by atoms with Gasteiger partial charge in [0.15, 0.2) is 0 Å². The number of amides is 1. The van der Waals surface area contributed by atoms with Crippen molar-refractivity contribution in [3.05, 3.63) is 29.3 Å². The molecule has 1 atom stereocenters. The molecule has 17 heavy (non-hydrogen) atoms. The van der Waals surface area contributed by atoms with Gasteiger partial charge in [-0.3, -0.25) is 4.79 Å². The topological polar surface area (TPSA) is 29.1 Å². The number of rotatable bonds is 4. The Morgan fingerprint density at radius 3 is 2.59 bits per heavy atom. The monoisotopic (exact) mass is 251 g/mol. The molecule has 0 aliphatic rings. The van der Waals surface area contributed by atoms with Gasteiger partial charge in [-0.25, -0.2) is 0 Å². The molecule has 1 aromatic rings. The van der Waals surface area contributed by atoms with Crippen LogP contribution in [0.3, 0.4) is 0 Å². The van der Waals surface area contributed by atoms with Crippen LogP contribution in [-0.2, 0) is 11.2 Å². The molecule has 0 aromatic heterocycles. The van der Waals surface area contributed by atoms with E-state index in [1.54, 1.807) is 0 Å². The second-order valence-corrected chi connectivity index (χ2v) is 5.20. The third-order valence-corrected chi connectivity index (χ3v) is 3.72. The molecular formula is C14H21NOS. The van der Waals surface area contributed by atoms with Gasteiger partial charge in [0.2, 0.25) is 5.91 Å². The van der Waals surface area contributed by atoms with Crippen molar-refractivity contribution in [2.45, 2.75) is 39.4 Å². The first kappa shape index (κ1) is 14.1. The minimum atomic E-state index is -0.265. The molecule has 1 rings (SSSR count). The van der Waals surface area contributed by atoms with E-state index in [4.69, 9.17) is 0 Å². The van der Waals surface area contributed by atoms with Gasteiger partial charge in [-0.15, -0.1) is 0 Å². The molecule has 1 amide bonds. The third kappa shape index (κ3) is 3.50. The molecule has 0 radical (unpaired) electrons. The summed E-state index contributed by atoms with van der Waals surface area (Å²) in [5, 5.41) is 2.73. The van der Waals surface area contributed by atoms with Crippen LogP contribution in [0.4, 0.5) is 5.69 Å². The highest BCUT2D eigenvalue weighted by Gasteiger charge is 2.19. The van der Waals surface area contributed by atoms with Crippen LogP contribution in [0, 0.1) is 12.8 Å². The molecule has 0 aliphatic heterocycles. The molecule has 0 heterocycles. The summed E-state index contributed by atoms with van der Waals surface area (Å²) in [7, 11) is 0. The Morgan fingerprint density at radius 2 is 2.06 bits per heavy atom. The molecule has 0 spiro atoms. The number of para-hydroxylation sites is 1. The zero-order valence-electron chi connectivity index (χ0n) is 10.9. The average Bonchev–Trinajstić information content (AvgIpc) is 2.30. The zero-order chi connectivity index (χ0) is 13.0. The lowest BCUT2D eigenvalue weighted by molar-refractivity contribution is -0.116. The summed E-state index contributed by atoms with van der Waals surface area (Å²) in [6.07, 6.45) is 0.913. The largest absolute Gasteiger partial charge is 0.325 e. The maximum Gasteiger partial charge on any atom is 0.237 e. The highest BCUT2D eigenvalue weighted by Crippen LogP contribution is 2.22. The van der Waals surface area contributed by atoms with E-state index in [1.807, 2.05) is 39.0 Å². The van der Waals surface area contributed by atoms with Gasteiger partial charge in [-0.05, 0) is 30.4 Å². The normalized spacial score (nSPS) is 12.6. The van der Waals surface area contributed by atoms with E-state index in [0.29, 0.717) is 0 Å². The molecule has 2 nitrogen and oxygen atoms in total. The van der Waals surface area contributed by atoms with Crippen molar-refractivity contribution in [1.82, 2.24) is 0 Å². The summed E-state index contributed by atoms with van der Waals surface area (Å²) < 4.78 is 0. The lowest BCUT2D eigenvalue weighted by Crippen LogP contribution is -2.28. The molecular weight excluding hydrogens is 230 g/mol. The number of nitrogens with one attached hydrogen (secondary N) is 1. The van der Waals surface area contributed by atoms with E-state index < -0.39 is 0 Å². The van der Waals surface area contributed by atoms with Crippen LogP contribution >= 0.6 is 12.6 Å². The van der Waals surface area contributed by atoms with Gasteiger partial charge in [0.05, 0.1) is 5.25 Å². The number of benzene rings is 1. The highest BCUT2D eigenvalue weighted by atomic mass is 32.1. The van der Waals surface area contributed by atoms with Gasteiger partial charge in [0.1, 0.15) is 0 Å². The van der Waals surface area contributed by atoms with E-state index >= 15 is 0 Å². The van der Waals surface area contributed by atoms with Crippen molar-refractivity contribution in [2.75, 3.05) is 5.32 Å². The molecule has 0 bridgehead atoms. The number of thiol groups is 1. The number of hydrogen-bond donors (Lipinski definition) is 2. The SMILES string of the molecule is CCc1cccc(C)c1NC(=O)C(S)C(C)C. The van der Waals surface area contributed by atoms with Crippen LogP contribution in [-0.4, -0.2) is 11.2 Å². The molecule has 1 unspecified atom stereocenters. The Labute approximate surface area is 109 Å². The Kier molecular flexibility index (Phi) is 5.06. The summed E-state index contributed by atoms with van der Waals surface area (Å²) in [4.78, 5) is 12.0. The number of anilines is 1.